The Kier molecular flexibility index (Phi) is 14.1. The zero-order chi connectivity index (χ0) is 31.7. The molecular weight excluding hydrogens is 617 g/mol. The fourth-order valence-corrected chi connectivity index (χ4v) is 4.45. The van der Waals surface area contributed by atoms with Crippen LogP contribution < -0.4 is 0 Å². The summed E-state index contributed by atoms with van der Waals surface area (Å²) < 4.78 is 26.3. The van der Waals surface area contributed by atoms with Gasteiger partial charge in [-0.15, -0.1) is 5.10 Å². The van der Waals surface area contributed by atoms with Gasteiger partial charge in [-0.1, -0.05) is 30.7 Å². The zero-order valence-electron chi connectivity index (χ0n) is 26.1. The minimum atomic E-state index is -0.398. The van der Waals surface area contributed by atoms with E-state index in [1.54, 1.807) is 0 Å². The molecule has 0 amide bonds. The van der Waals surface area contributed by atoms with E-state index in [0.717, 1.165) is 37.0 Å². The summed E-state index contributed by atoms with van der Waals surface area (Å²) >= 11 is 9.54. The number of aromatic nitrogens is 4. The second-order valence-corrected chi connectivity index (χ2v) is 12.6. The monoisotopic (exact) mass is 659 g/mol. The van der Waals surface area contributed by atoms with E-state index < -0.39 is 5.82 Å². The van der Waals surface area contributed by atoms with Gasteiger partial charge in [0.1, 0.15) is 22.2 Å². The normalized spacial score (nSPS) is 14.2. The summed E-state index contributed by atoms with van der Waals surface area (Å²) in [5.41, 5.74) is 1.72. The number of hydrogen-bond donors (Lipinski definition) is 0. The fourth-order valence-electron chi connectivity index (χ4n) is 3.94. The van der Waals surface area contributed by atoms with Gasteiger partial charge < -0.3 is 14.4 Å². The quantitative estimate of drug-likeness (QED) is 0.159. The molecule has 4 rings (SSSR count). The number of piperidine rings is 1. The highest BCUT2D eigenvalue weighted by Gasteiger charge is 2.25. The molecular formula is C29H44BrClFN5O4. The van der Waals surface area contributed by atoms with Crippen LogP contribution in [-0.4, -0.2) is 68.7 Å². The molecule has 0 unspecified atom stereocenters. The molecule has 0 radical (unpaired) electrons. The van der Waals surface area contributed by atoms with E-state index in [2.05, 4.69) is 47.9 Å². The van der Waals surface area contributed by atoms with E-state index in [4.69, 9.17) is 16.3 Å². The molecule has 1 saturated heterocycles. The summed E-state index contributed by atoms with van der Waals surface area (Å²) in [5, 5.41) is 9.43. The SMILES string of the molecule is CC.CC(=O)OC(C)(C)C.CC(C)(C)OC=O.Cc1cc2c(nc(Cl)c3nnn(C4CCN(C)CC4)c32)c(F)c1Br. The van der Waals surface area contributed by atoms with Gasteiger partial charge in [0.25, 0.3) is 6.47 Å². The number of carbonyl (C=O) groups excluding carboxylic acids is 2. The lowest BCUT2D eigenvalue weighted by atomic mass is 10.0. The Labute approximate surface area is 256 Å². The van der Waals surface area contributed by atoms with Crippen LogP contribution in [0.1, 0.15) is 86.8 Å². The van der Waals surface area contributed by atoms with Gasteiger partial charge in [-0.25, -0.2) is 14.1 Å². The van der Waals surface area contributed by atoms with Gasteiger partial charge in [-0.3, -0.25) is 9.59 Å². The van der Waals surface area contributed by atoms with Crippen molar-refractivity contribution in [2.45, 2.75) is 99.3 Å². The van der Waals surface area contributed by atoms with Crippen molar-refractivity contribution in [3.63, 3.8) is 0 Å². The topological polar surface area (TPSA) is 99.4 Å². The van der Waals surface area contributed by atoms with E-state index in [9.17, 15) is 14.0 Å². The number of hydrogen-bond acceptors (Lipinski definition) is 8. The number of nitrogens with zero attached hydrogens (tertiary/aromatic N) is 5. The highest BCUT2D eigenvalue weighted by molar-refractivity contribution is 9.10. The van der Waals surface area contributed by atoms with Crippen molar-refractivity contribution in [3.8, 4) is 0 Å². The largest absolute Gasteiger partial charge is 0.462 e. The van der Waals surface area contributed by atoms with Gasteiger partial charge >= 0.3 is 5.97 Å². The van der Waals surface area contributed by atoms with Crippen molar-refractivity contribution in [1.29, 1.82) is 0 Å². The van der Waals surface area contributed by atoms with Crippen LogP contribution in [0, 0.1) is 12.7 Å². The molecule has 1 aliphatic heterocycles. The molecule has 0 bridgehead atoms. The second kappa shape index (κ2) is 15.7. The summed E-state index contributed by atoms with van der Waals surface area (Å²) in [6.07, 6.45) is 1.96. The highest BCUT2D eigenvalue weighted by atomic mass is 79.9. The number of esters is 1. The molecule has 3 aromatic rings. The van der Waals surface area contributed by atoms with Crippen LogP contribution in [0.5, 0.6) is 0 Å². The first kappa shape index (κ1) is 36.7. The lowest BCUT2D eigenvalue weighted by molar-refractivity contribution is -0.152. The average molecular weight is 661 g/mol. The summed E-state index contributed by atoms with van der Waals surface area (Å²) in [5.74, 6) is -0.623. The van der Waals surface area contributed by atoms with E-state index in [1.807, 2.05) is 73.1 Å². The number of halogens is 3. The number of benzene rings is 1. The summed E-state index contributed by atoms with van der Waals surface area (Å²) in [4.78, 5) is 26.3. The Morgan fingerprint density at radius 3 is 2.10 bits per heavy atom. The molecule has 0 atom stereocenters. The predicted octanol–water partition coefficient (Wildman–Crippen LogP) is 7.44. The first-order valence-corrected chi connectivity index (χ1v) is 14.8. The van der Waals surface area contributed by atoms with Crippen molar-refractivity contribution < 1.29 is 23.5 Å². The Bertz CT molecular complexity index is 1310. The van der Waals surface area contributed by atoms with Gasteiger partial charge in [0.05, 0.1) is 10.5 Å². The molecule has 0 saturated carbocycles. The number of ether oxygens (including phenoxy) is 2. The van der Waals surface area contributed by atoms with Crippen molar-refractivity contribution in [3.05, 3.63) is 27.1 Å². The minimum absolute atomic E-state index is 0.186. The number of aryl methyl sites for hydroxylation is 1. The van der Waals surface area contributed by atoms with Gasteiger partial charge in [-0.2, -0.15) is 0 Å². The van der Waals surface area contributed by atoms with Gasteiger partial charge in [-0.05, 0) is 109 Å². The Hall–Kier alpha value is -2.37. The number of carbonyl (C=O) groups is 2. The zero-order valence-corrected chi connectivity index (χ0v) is 28.4. The summed E-state index contributed by atoms with van der Waals surface area (Å²) in [7, 11) is 2.11. The smallest absolute Gasteiger partial charge is 0.303 e. The van der Waals surface area contributed by atoms with Crippen LogP contribution in [0.25, 0.3) is 21.9 Å². The Morgan fingerprint density at radius 1 is 1.12 bits per heavy atom. The van der Waals surface area contributed by atoms with E-state index >= 15 is 0 Å². The first-order valence-electron chi connectivity index (χ1n) is 13.6. The molecule has 1 fully saturated rings. The third kappa shape index (κ3) is 11.1. The third-order valence-corrected chi connectivity index (χ3v) is 6.84. The highest BCUT2D eigenvalue weighted by Crippen LogP contribution is 2.36. The van der Waals surface area contributed by atoms with Crippen LogP contribution in [-0.2, 0) is 19.1 Å². The van der Waals surface area contributed by atoms with E-state index in [1.165, 1.54) is 6.92 Å². The maximum Gasteiger partial charge on any atom is 0.303 e. The molecule has 230 valence electrons. The molecule has 0 N–H and O–H groups in total. The lowest BCUT2D eigenvalue weighted by Crippen LogP contribution is -2.31. The van der Waals surface area contributed by atoms with E-state index in [-0.39, 0.29) is 33.9 Å². The lowest BCUT2D eigenvalue weighted by Gasteiger charge is -2.29. The van der Waals surface area contributed by atoms with E-state index in [0.29, 0.717) is 21.8 Å². The van der Waals surface area contributed by atoms with Crippen molar-refractivity contribution >= 4 is 61.9 Å². The molecule has 0 aliphatic carbocycles. The fraction of sp³-hybridized carbons (Fsp3) is 0.621. The van der Waals surface area contributed by atoms with Crippen molar-refractivity contribution in [2.24, 2.45) is 0 Å². The average Bonchev–Trinajstić information content (AvgIpc) is 3.30. The number of likely N-dealkylation sites (tertiary alicyclic amines) is 1. The van der Waals surface area contributed by atoms with Gasteiger partial charge in [0.2, 0.25) is 0 Å². The number of fused-ring (bicyclic) bond motifs is 3. The van der Waals surface area contributed by atoms with Crippen LogP contribution in [0.3, 0.4) is 0 Å². The molecule has 0 spiro atoms. The van der Waals surface area contributed by atoms with Crippen molar-refractivity contribution in [1.82, 2.24) is 24.9 Å². The standard InChI is InChI=1S/C16H16BrClFN5.C6H12O2.C5H10O2.C2H6/c1-8-7-10-13(12(19)11(8)17)20-16(18)14-15(10)24(22-21-14)9-3-5-23(2)6-4-9;1-5(7)8-6(2,3)4;1-5(2,3)7-4-6;1-2/h7,9H,3-6H2,1-2H3;1-4H3;4H,1-3H3;1-2H3. The number of pyridine rings is 1. The van der Waals surface area contributed by atoms with Crippen LogP contribution in [0.15, 0.2) is 10.5 Å². The second-order valence-electron chi connectivity index (χ2n) is 11.4. The number of rotatable bonds is 2. The molecule has 1 aliphatic rings. The molecule has 2 aromatic heterocycles. The van der Waals surface area contributed by atoms with Gasteiger partial charge in [0.15, 0.2) is 16.5 Å². The maximum atomic E-state index is 14.7. The Morgan fingerprint density at radius 2 is 1.68 bits per heavy atom. The van der Waals surface area contributed by atoms with Crippen LogP contribution >= 0.6 is 27.5 Å². The molecule has 9 nitrogen and oxygen atoms in total. The Balaban J connectivity index is 0.000000411. The van der Waals surface area contributed by atoms with Crippen LogP contribution in [0.4, 0.5) is 4.39 Å². The molecule has 41 heavy (non-hydrogen) atoms. The first-order chi connectivity index (χ1) is 18.9. The molecule has 1 aromatic carbocycles. The maximum absolute atomic E-state index is 14.7. The minimum Gasteiger partial charge on any atom is -0.462 e. The predicted molar refractivity (Wildman–Crippen MR) is 166 cm³/mol. The summed E-state index contributed by atoms with van der Waals surface area (Å²) in [6, 6.07) is 2.16. The molecule has 3 heterocycles. The van der Waals surface area contributed by atoms with Crippen LogP contribution in [0.2, 0.25) is 5.15 Å². The summed E-state index contributed by atoms with van der Waals surface area (Å²) in [6.45, 7) is 20.7. The van der Waals surface area contributed by atoms with Crippen molar-refractivity contribution in [2.75, 3.05) is 20.1 Å². The molecule has 12 heteroatoms. The van der Waals surface area contributed by atoms with Gasteiger partial charge in [0, 0.05) is 12.3 Å². The third-order valence-electron chi connectivity index (χ3n) is 5.60.